The molecule has 0 aromatic carbocycles. The highest BCUT2D eigenvalue weighted by atomic mass is 16.5. The summed E-state index contributed by atoms with van der Waals surface area (Å²) in [6.45, 7) is 5.62. The topological polar surface area (TPSA) is 70.1 Å². The standard InChI is InChI=1S/C15H26N2O4/c1-15(2)7-5-9-17(12(15)13(18)19)14(20)16-8-4-6-11(10-16)21-3/h11-12H,4-10H2,1-3H3,(H,18,19). The van der Waals surface area contributed by atoms with Crippen LogP contribution in [0.5, 0.6) is 0 Å². The Morgan fingerprint density at radius 1 is 1.24 bits per heavy atom. The molecule has 2 rings (SSSR count). The minimum Gasteiger partial charge on any atom is -0.480 e. The third-order valence-electron chi connectivity index (χ3n) is 4.73. The monoisotopic (exact) mass is 298 g/mol. The molecule has 6 nitrogen and oxygen atoms in total. The van der Waals surface area contributed by atoms with Gasteiger partial charge in [0.15, 0.2) is 0 Å². The van der Waals surface area contributed by atoms with E-state index < -0.39 is 17.4 Å². The van der Waals surface area contributed by atoms with E-state index in [-0.39, 0.29) is 12.1 Å². The van der Waals surface area contributed by atoms with E-state index in [1.165, 1.54) is 0 Å². The number of likely N-dealkylation sites (tertiary alicyclic amines) is 2. The van der Waals surface area contributed by atoms with Gasteiger partial charge in [-0.25, -0.2) is 9.59 Å². The minimum atomic E-state index is -0.909. The lowest BCUT2D eigenvalue weighted by atomic mass is 9.76. The van der Waals surface area contributed by atoms with Crippen molar-refractivity contribution in [2.45, 2.75) is 51.7 Å². The summed E-state index contributed by atoms with van der Waals surface area (Å²) in [5.74, 6) is -0.909. The van der Waals surface area contributed by atoms with Crippen LogP contribution >= 0.6 is 0 Å². The van der Waals surface area contributed by atoms with E-state index >= 15 is 0 Å². The first-order valence-corrected chi connectivity index (χ1v) is 7.68. The largest absolute Gasteiger partial charge is 0.480 e. The van der Waals surface area contributed by atoms with Crippen molar-refractivity contribution in [2.75, 3.05) is 26.7 Å². The fraction of sp³-hybridized carbons (Fsp3) is 0.867. The van der Waals surface area contributed by atoms with Crippen molar-refractivity contribution in [1.82, 2.24) is 9.80 Å². The number of amides is 2. The lowest BCUT2D eigenvalue weighted by Gasteiger charge is -2.46. The molecule has 2 fully saturated rings. The Bertz CT molecular complexity index is 410. The fourth-order valence-corrected chi connectivity index (χ4v) is 3.55. The van der Waals surface area contributed by atoms with E-state index in [4.69, 9.17) is 4.74 Å². The van der Waals surface area contributed by atoms with E-state index in [1.54, 1.807) is 16.9 Å². The quantitative estimate of drug-likeness (QED) is 0.844. The Labute approximate surface area is 126 Å². The zero-order valence-electron chi connectivity index (χ0n) is 13.2. The van der Waals surface area contributed by atoms with Gasteiger partial charge in [0.25, 0.3) is 0 Å². The van der Waals surface area contributed by atoms with E-state index in [0.29, 0.717) is 19.6 Å². The van der Waals surface area contributed by atoms with E-state index in [9.17, 15) is 14.7 Å². The molecule has 0 radical (unpaired) electrons. The van der Waals surface area contributed by atoms with Crippen molar-refractivity contribution in [3.8, 4) is 0 Å². The SMILES string of the molecule is COC1CCCN(C(=O)N2CCCC(C)(C)C2C(=O)O)C1. The molecule has 0 saturated carbocycles. The van der Waals surface area contributed by atoms with Crippen LogP contribution in [0.15, 0.2) is 0 Å². The Morgan fingerprint density at radius 2 is 1.95 bits per heavy atom. The van der Waals surface area contributed by atoms with Crippen molar-refractivity contribution in [2.24, 2.45) is 5.41 Å². The molecule has 120 valence electrons. The maximum absolute atomic E-state index is 12.8. The van der Waals surface area contributed by atoms with Gasteiger partial charge in [-0.3, -0.25) is 0 Å². The number of aliphatic carboxylic acids is 1. The van der Waals surface area contributed by atoms with Gasteiger partial charge >= 0.3 is 12.0 Å². The van der Waals surface area contributed by atoms with Crippen LogP contribution in [0.3, 0.4) is 0 Å². The molecule has 0 spiro atoms. The molecule has 0 bridgehead atoms. The Hall–Kier alpha value is -1.30. The van der Waals surface area contributed by atoms with Crippen LogP contribution in [0.1, 0.15) is 39.5 Å². The molecular formula is C15H26N2O4. The molecule has 2 aliphatic heterocycles. The number of rotatable bonds is 2. The number of urea groups is 1. The van der Waals surface area contributed by atoms with Crippen molar-refractivity contribution in [1.29, 1.82) is 0 Å². The summed E-state index contributed by atoms with van der Waals surface area (Å²) < 4.78 is 5.35. The lowest BCUT2D eigenvalue weighted by molar-refractivity contribution is -0.148. The van der Waals surface area contributed by atoms with Crippen LogP contribution in [-0.4, -0.2) is 65.8 Å². The number of piperidine rings is 2. The summed E-state index contributed by atoms with van der Waals surface area (Å²) in [5.41, 5.74) is -0.393. The molecule has 1 N–H and O–H groups in total. The fourth-order valence-electron chi connectivity index (χ4n) is 3.55. The predicted octanol–water partition coefficient (Wildman–Crippen LogP) is 1.79. The molecule has 2 unspecified atom stereocenters. The molecule has 2 heterocycles. The number of carboxylic acids is 1. The molecule has 6 heteroatoms. The first kappa shape index (κ1) is 16.1. The summed E-state index contributed by atoms with van der Waals surface area (Å²) in [6.07, 6.45) is 3.59. The summed E-state index contributed by atoms with van der Waals surface area (Å²) in [4.78, 5) is 27.7. The lowest BCUT2D eigenvalue weighted by Crippen LogP contribution is -2.60. The molecule has 0 aromatic rings. The first-order chi connectivity index (χ1) is 9.86. The van der Waals surface area contributed by atoms with Gasteiger partial charge in [-0.05, 0) is 31.1 Å². The van der Waals surface area contributed by atoms with E-state index in [2.05, 4.69) is 0 Å². The molecule has 0 aliphatic carbocycles. The van der Waals surface area contributed by atoms with Gasteiger partial charge in [0.1, 0.15) is 6.04 Å². The number of carboxylic acid groups (broad SMARTS) is 1. The third kappa shape index (κ3) is 3.31. The molecule has 2 saturated heterocycles. The highest BCUT2D eigenvalue weighted by Gasteiger charge is 2.45. The van der Waals surface area contributed by atoms with Crippen LogP contribution in [0, 0.1) is 5.41 Å². The number of hydrogen-bond acceptors (Lipinski definition) is 3. The van der Waals surface area contributed by atoms with Crippen molar-refractivity contribution >= 4 is 12.0 Å². The van der Waals surface area contributed by atoms with Gasteiger partial charge in [0.05, 0.1) is 6.10 Å². The van der Waals surface area contributed by atoms with Crippen molar-refractivity contribution < 1.29 is 19.4 Å². The maximum Gasteiger partial charge on any atom is 0.327 e. The summed E-state index contributed by atoms with van der Waals surface area (Å²) in [6, 6.07) is -0.904. The van der Waals surface area contributed by atoms with Crippen LogP contribution < -0.4 is 0 Å². The number of carbonyl (C=O) groups excluding carboxylic acids is 1. The predicted molar refractivity (Wildman–Crippen MR) is 78.1 cm³/mol. The van der Waals surface area contributed by atoms with Gasteiger partial charge in [-0.1, -0.05) is 13.8 Å². The number of nitrogens with zero attached hydrogens (tertiary/aromatic N) is 2. The van der Waals surface area contributed by atoms with Gasteiger partial charge < -0.3 is 19.6 Å². The van der Waals surface area contributed by atoms with E-state index in [0.717, 1.165) is 25.7 Å². The molecule has 2 amide bonds. The molecular weight excluding hydrogens is 272 g/mol. The van der Waals surface area contributed by atoms with Gasteiger partial charge in [-0.15, -0.1) is 0 Å². The highest BCUT2D eigenvalue weighted by Crippen LogP contribution is 2.36. The van der Waals surface area contributed by atoms with Crippen LogP contribution in [0.2, 0.25) is 0 Å². The molecule has 2 atom stereocenters. The Kier molecular flexibility index (Phi) is 4.76. The first-order valence-electron chi connectivity index (χ1n) is 7.68. The second kappa shape index (κ2) is 6.22. The van der Waals surface area contributed by atoms with Gasteiger partial charge in [-0.2, -0.15) is 0 Å². The number of ether oxygens (including phenoxy) is 1. The zero-order valence-corrected chi connectivity index (χ0v) is 13.2. The highest BCUT2D eigenvalue weighted by molar-refractivity contribution is 5.83. The average Bonchev–Trinajstić information content (AvgIpc) is 2.44. The maximum atomic E-state index is 12.8. The average molecular weight is 298 g/mol. The minimum absolute atomic E-state index is 0.0591. The normalized spacial score (nSPS) is 29.3. The zero-order chi connectivity index (χ0) is 15.6. The van der Waals surface area contributed by atoms with Crippen LogP contribution in [-0.2, 0) is 9.53 Å². The number of hydrogen-bond donors (Lipinski definition) is 1. The number of methoxy groups -OCH3 is 1. The third-order valence-corrected chi connectivity index (χ3v) is 4.73. The summed E-state index contributed by atoms with van der Waals surface area (Å²) in [7, 11) is 1.66. The molecule has 0 aromatic heterocycles. The molecule has 21 heavy (non-hydrogen) atoms. The number of carbonyl (C=O) groups is 2. The molecule has 2 aliphatic rings. The van der Waals surface area contributed by atoms with Crippen LogP contribution in [0.25, 0.3) is 0 Å². The van der Waals surface area contributed by atoms with Crippen LogP contribution in [0.4, 0.5) is 4.79 Å². The van der Waals surface area contributed by atoms with Gasteiger partial charge in [0, 0.05) is 26.7 Å². The smallest absolute Gasteiger partial charge is 0.327 e. The van der Waals surface area contributed by atoms with Crippen molar-refractivity contribution in [3.63, 3.8) is 0 Å². The van der Waals surface area contributed by atoms with Gasteiger partial charge in [0.2, 0.25) is 0 Å². The Balaban J connectivity index is 2.14. The van der Waals surface area contributed by atoms with E-state index in [1.807, 2.05) is 13.8 Å². The second-order valence-electron chi connectivity index (χ2n) is 6.75. The second-order valence-corrected chi connectivity index (χ2v) is 6.75. The summed E-state index contributed by atoms with van der Waals surface area (Å²) in [5, 5.41) is 9.55. The Morgan fingerprint density at radius 3 is 2.57 bits per heavy atom. The summed E-state index contributed by atoms with van der Waals surface area (Å²) >= 11 is 0. The van der Waals surface area contributed by atoms with Crippen molar-refractivity contribution in [3.05, 3.63) is 0 Å².